The van der Waals surface area contributed by atoms with Crippen molar-refractivity contribution < 1.29 is 9.53 Å². The average molecular weight is 416 g/mol. The number of hydrogen-bond donors (Lipinski definition) is 1. The lowest BCUT2D eigenvalue weighted by Crippen LogP contribution is -2.12. The number of benzene rings is 2. The quantitative estimate of drug-likeness (QED) is 0.562. The van der Waals surface area contributed by atoms with Crippen LogP contribution in [0.25, 0.3) is 0 Å². The van der Waals surface area contributed by atoms with E-state index >= 15 is 0 Å². The number of nitrogens with one attached hydrogen (secondary N) is 1. The SMILES string of the molecule is CC(=O)N/N=C\c1cc(Br)ccc1OCc1ccc(Cl)cc1Cl. The lowest BCUT2D eigenvalue weighted by atomic mass is 10.2. The molecule has 0 saturated heterocycles. The lowest BCUT2D eigenvalue weighted by Gasteiger charge is -2.11. The number of ether oxygens (including phenoxy) is 1. The molecule has 2 aromatic carbocycles. The van der Waals surface area contributed by atoms with Crippen molar-refractivity contribution in [2.24, 2.45) is 5.10 Å². The number of rotatable bonds is 5. The number of hydrazone groups is 1. The first kappa shape index (κ1) is 17.8. The molecule has 120 valence electrons. The molecular formula is C16H13BrCl2N2O2. The molecule has 0 unspecified atom stereocenters. The number of carbonyl (C=O) groups excluding carboxylic acids is 1. The second-order valence-electron chi connectivity index (χ2n) is 4.63. The van der Waals surface area contributed by atoms with Gasteiger partial charge in [0, 0.05) is 32.6 Å². The Kier molecular flexibility index (Phi) is 6.45. The smallest absolute Gasteiger partial charge is 0.236 e. The van der Waals surface area contributed by atoms with Gasteiger partial charge in [0.2, 0.25) is 5.91 Å². The van der Waals surface area contributed by atoms with E-state index in [0.29, 0.717) is 22.4 Å². The lowest BCUT2D eigenvalue weighted by molar-refractivity contribution is -0.118. The molecule has 1 N–H and O–H groups in total. The van der Waals surface area contributed by atoms with Gasteiger partial charge in [-0.3, -0.25) is 4.79 Å². The van der Waals surface area contributed by atoms with Gasteiger partial charge in [-0.2, -0.15) is 5.10 Å². The van der Waals surface area contributed by atoms with Crippen LogP contribution in [-0.2, 0) is 11.4 Å². The molecule has 7 heteroatoms. The average Bonchev–Trinajstić information content (AvgIpc) is 2.47. The van der Waals surface area contributed by atoms with Crippen molar-refractivity contribution >= 4 is 51.3 Å². The largest absolute Gasteiger partial charge is 0.488 e. The van der Waals surface area contributed by atoms with E-state index in [1.807, 2.05) is 24.3 Å². The van der Waals surface area contributed by atoms with Crippen LogP contribution in [0.3, 0.4) is 0 Å². The molecule has 2 rings (SSSR count). The minimum Gasteiger partial charge on any atom is -0.488 e. The first-order valence-corrected chi connectivity index (χ1v) is 8.16. The Bertz CT molecular complexity index is 751. The molecule has 0 fully saturated rings. The highest BCUT2D eigenvalue weighted by Gasteiger charge is 2.06. The summed E-state index contributed by atoms with van der Waals surface area (Å²) in [5.74, 6) is 0.375. The maximum Gasteiger partial charge on any atom is 0.236 e. The van der Waals surface area contributed by atoms with E-state index in [1.54, 1.807) is 12.1 Å². The molecule has 0 spiro atoms. The van der Waals surface area contributed by atoms with E-state index in [-0.39, 0.29) is 5.91 Å². The van der Waals surface area contributed by atoms with Gasteiger partial charge in [0.1, 0.15) is 12.4 Å². The van der Waals surface area contributed by atoms with Crippen molar-refractivity contribution in [3.8, 4) is 5.75 Å². The number of amides is 1. The number of carbonyl (C=O) groups is 1. The number of halogens is 3. The Balaban J connectivity index is 2.15. The Morgan fingerprint density at radius 1 is 1.30 bits per heavy atom. The maximum absolute atomic E-state index is 10.9. The van der Waals surface area contributed by atoms with E-state index in [0.717, 1.165) is 15.6 Å². The van der Waals surface area contributed by atoms with Crippen LogP contribution in [0.4, 0.5) is 0 Å². The van der Waals surface area contributed by atoms with Crippen molar-refractivity contribution in [2.75, 3.05) is 0 Å². The van der Waals surface area contributed by atoms with Crippen LogP contribution in [0.5, 0.6) is 5.75 Å². The van der Waals surface area contributed by atoms with E-state index in [1.165, 1.54) is 13.1 Å². The summed E-state index contributed by atoms with van der Waals surface area (Å²) in [6.45, 7) is 1.68. The van der Waals surface area contributed by atoms with Gasteiger partial charge >= 0.3 is 0 Å². The molecule has 2 aromatic rings. The standard InChI is InChI=1S/C16H13BrCl2N2O2/c1-10(22)21-20-8-12-6-13(17)3-5-16(12)23-9-11-2-4-14(18)7-15(11)19/h2-8H,9H2,1H3,(H,21,22)/b20-8-. The van der Waals surface area contributed by atoms with Crippen molar-refractivity contribution in [1.82, 2.24) is 5.43 Å². The second-order valence-corrected chi connectivity index (χ2v) is 6.39. The molecule has 23 heavy (non-hydrogen) atoms. The molecule has 0 bridgehead atoms. The molecular weight excluding hydrogens is 403 g/mol. The highest BCUT2D eigenvalue weighted by Crippen LogP contribution is 2.25. The minimum absolute atomic E-state index is 0.244. The predicted octanol–water partition coefficient (Wildman–Crippen LogP) is 4.80. The molecule has 0 atom stereocenters. The summed E-state index contributed by atoms with van der Waals surface area (Å²) in [5, 5.41) is 4.98. The van der Waals surface area contributed by atoms with Crippen molar-refractivity contribution in [1.29, 1.82) is 0 Å². The molecule has 0 aliphatic rings. The van der Waals surface area contributed by atoms with Gasteiger partial charge < -0.3 is 4.74 Å². The summed E-state index contributed by atoms with van der Waals surface area (Å²) < 4.78 is 6.68. The van der Waals surface area contributed by atoms with Crippen molar-refractivity contribution in [3.63, 3.8) is 0 Å². The van der Waals surface area contributed by atoms with Gasteiger partial charge in [-0.1, -0.05) is 45.2 Å². The summed E-state index contributed by atoms with van der Waals surface area (Å²) in [5.41, 5.74) is 3.90. The fourth-order valence-corrected chi connectivity index (χ4v) is 2.58. The molecule has 1 amide bonds. The number of hydrogen-bond acceptors (Lipinski definition) is 3. The molecule has 0 aliphatic carbocycles. The third kappa shape index (κ3) is 5.53. The van der Waals surface area contributed by atoms with Crippen molar-refractivity contribution in [2.45, 2.75) is 13.5 Å². The van der Waals surface area contributed by atoms with Crippen LogP contribution < -0.4 is 10.2 Å². The third-order valence-corrected chi connectivity index (χ3v) is 3.88. The Hall–Kier alpha value is -1.56. The molecule has 4 nitrogen and oxygen atoms in total. The van der Waals surface area contributed by atoms with Crippen LogP contribution in [-0.4, -0.2) is 12.1 Å². The normalized spacial score (nSPS) is 10.8. The van der Waals surface area contributed by atoms with E-state index in [9.17, 15) is 4.79 Å². The first-order valence-electron chi connectivity index (χ1n) is 6.61. The maximum atomic E-state index is 10.9. The molecule has 0 aromatic heterocycles. The molecule has 0 saturated carbocycles. The van der Waals surface area contributed by atoms with E-state index in [2.05, 4.69) is 26.5 Å². The Morgan fingerprint density at radius 3 is 2.78 bits per heavy atom. The van der Waals surface area contributed by atoms with Gasteiger partial charge in [0.25, 0.3) is 0 Å². The van der Waals surface area contributed by atoms with Crippen LogP contribution >= 0.6 is 39.1 Å². The van der Waals surface area contributed by atoms with Gasteiger partial charge in [0.05, 0.1) is 6.21 Å². The third-order valence-electron chi connectivity index (χ3n) is 2.80. The Morgan fingerprint density at radius 2 is 2.09 bits per heavy atom. The Labute approximate surface area is 152 Å². The van der Waals surface area contributed by atoms with Crippen LogP contribution in [0, 0.1) is 0 Å². The van der Waals surface area contributed by atoms with Crippen LogP contribution in [0.2, 0.25) is 10.0 Å². The summed E-state index contributed by atoms with van der Waals surface area (Å²) in [6.07, 6.45) is 1.52. The second kappa shape index (κ2) is 8.34. The van der Waals surface area contributed by atoms with Crippen LogP contribution in [0.1, 0.15) is 18.1 Å². The first-order chi connectivity index (χ1) is 11.0. The molecule has 0 heterocycles. The molecule has 0 aliphatic heterocycles. The zero-order chi connectivity index (χ0) is 16.8. The zero-order valence-electron chi connectivity index (χ0n) is 12.1. The van der Waals surface area contributed by atoms with Gasteiger partial charge in [0.15, 0.2) is 0 Å². The number of nitrogens with zero attached hydrogens (tertiary/aromatic N) is 1. The summed E-state index contributed by atoms with van der Waals surface area (Å²) >= 11 is 15.4. The fourth-order valence-electron chi connectivity index (χ4n) is 1.74. The van der Waals surface area contributed by atoms with Crippen LogP contribution in [0.15, 0.2) is 46.0 Å². The summed E-state index contributed by atoms with van der Waals surface area (Å²) in [6, 6.07) is 10.7. The topological polar surface area (TPSA) is 50.7 Å². The monoisotopic (exact) mass is 414 g/mol. The summed E-state index contributed by atoms with van der Waals surface area (Å²) in [4.78, 5) is 10.9. The van der Waals surface area contributed by atoms with E-state index in [4.69, 9.17) is 27.9 Å². The van der Waals surface area contributed by atoms with Gasteiger partial charge in [-0.15, -0.1) is 0 Å². The minimum atomic E-state index is -0.244. The van der Waals surface area contributed by atoms with E-state index < -0.39 is 0 Å². The fraction of sp³-hybridized carbons (Fsp3) is 0.125. The van der Waals surface area contributed by atoms with Gasteiger partial charge in [-0.25, -0.2) is 5.43 Å². The predicted molar refractivity (Wildman–Crippen MR) is 96.3 cm³/mol. The van der Waals surface area contributed by atoms with Gasteiger partial charge in [-0.05, 0) is 30.3 Å². The zero-order valence-corrected chi connectivity index (χ0v) is 15.2. The molecule has 0 radical (unpaired) electrons. The summed E-state index contributed by atoms with van der Waals surface area (Å²) in [7, 11) is 0. The highest BCUT2D eigenvalue weighted by atomic mass is 79.9. The highest BCUT2D eigenvalue weighted by molar-refractivity contribution is 9.10. The van der Waals surface area contributed by atoms with Crippen molar-refractivity contribution in [3.05, 3.63) is 62.0 Å².